The Bertz CT molecular complexity index is 1000. The van der Waals surface area contributed by atoms with Crippen molar-refractivity contribution >= 4 is 29.3 Å². The number of nitrogens with two attached hydrogens (primary N) is 1. The molecule has 0 unspecified atom stereocenters. The Morgan fingerprint density at radius 1 is 1.27 bits per heavy atom. The van der Waals surface area contributed by atoms with Gasteiger partial charge in [-0.3, -0.25) is 19.1 Å². The van der Waals surface area contributed by atoms with Crippen molar-refractivity contribution in [2.24, 2.45) is 11.7 Å². The van der Waals surface area contributed by atoms with Crippen LogP contribution in [0.3, 0.4) is 0 Å². The summed E-state index contributed by atoms with van der Waals surface area (Å²) in [5.74, 6) is -1.95. The van der Waals surface area contributed by atoms with Gasteiger partial charge in [0.15, 0.2) is 5.69 Å². The van der Waals surface area contributed by atoms with Crippen LogP contribution in [0.4, 0.5) is 4.39 Å². The number of fused-ring (bicyclic) bond motifs is 1. The SMILES string of the molecule is NC(=O)[C@@H]1CCCN(C(=O)c2cc3n(n2)CCN(Cc2c(F)cccc2Cl)C3=O)C1. The van der Waals surface area contributed by atoms with E-state index in [1.807, 2.05) is 0 Å². The molecular weight excluding hydrogens is 413 g/mol. The summed E-state index contributed by atoms with van der Waals surface area (Å²) in [6.45, 7) is 1.49. The van der Waals surface area contributed by atoms with Crippen LogP contribution in [0.5, 0.6) is 0 Å². The van der Waals surface area contributed by atoms with E-state index in [1.54, 1.807) is 11.0 Å². The molecule has 4 rings (SSSR count). The van der Waals surface area contributed by atoms with Crippen LogP contribution in [0.25, 0.3) is 0 Å². The van der Waals surface area contributed by atoms with Crippen molar-refractivity contribution < 1.29 is 18.8 Å². The van der Waals surface area contributed by atoms with Crippen LogP contribution >= 0.6 is 11.6 Å². The van der Waals surface area contributed by atoms with Gasteiger partial charge in [0.2, 0.25) is 5.91 Å². The van der Waals surface area contributed by atoms with Gasteiger partial charge in [-0.2, -0.15) is 5.10 Å². The molecule has 1 aromatic carbocycles. The standard InChI is InChI=1S/C20H21ClFN5O3/c21-14-4-1-5-15(22)13(14)11-26-7-8-27-17(20(26)30)9-16(24-27)19(29)25-6-2-3-12(10-25)18(23)28/h1,4-5,9,12H,2-3,6-8,10-11H2,(H2,23,28)/t12-/m1/s1. The molecule has 2 aliphatic heterocycles. The van der Waals surface area contributed by atoms with E-state index >= 15 is 0 Å². The zero-order valence-corrected chi connectivity index (χ0v) is 16.9. The van der Waals surface area contributed by atoms with Gasteiger partial charge in [0.1, 0.15) is 11.5 Å². The monoisotopic (exact) mass is 433 g/mol. The predicted octanol–water partition coefficient (Wildman–Crippen LogP) is 1.67. The fourth-order valence-corrected chi connectivity index (χ4v) is 4.15. The van der Waals surface area contributed by atoms with Crippen molar-refractivity contribution in [1.82, 2.24) is 19.6 Å². The summed E-state index contributed by atoms with van der Waals surface area (Å²) in [5, 5.41) is 4.54. The van der Waals surface area contributed by atoms with E-state index in [0.717, 1.165) is 0 Å². The van der Waals surface area contributed by atoms with Gasteiger partial charge >= 0.3 is 0 Å². The largest absolute Gasteiger partial charge is 0.369 e. The van der Waals surface area contributed by atoms with E-state index in [4.69, 9.17) is 17.3 Å². The number of rotatable bonds is 4. The zero-order chi connectivity index (χ0) is 21.4. The first-order valence-electron chi connectivity index (χ1n) is 9.73. The molecule has 0 spiro atoms. The van der Waals surface area contributed by atoms with Crippen LogP contribution in [0, 0.1) is 11.7 Å². The molecule has 2 N–H and O–H groups in total. The fraction of sp³-hybridized carbons (Fsp3) is 0.400. The van der Waals surface area contributed by atoms with Gasteiger partial charge in [-0.05, 0) is 25.0 Å². The number of amides is 3. The van der Waals surface area contributed by atoms with Gasteiger partial charge in [-0.15, -0.1) is 0 Å². The summed E-state index contributed by atoms with van der Waals surface area (Å²) in [4.78, 5) is 40.3. The summed E-state index contributed by atoms with van der Waals surface area (Å²) >= 11 is 6.08. The third-order valence-corrected chi connectivity index (χ3v) is 5.96. The van der Waals surface area contributed by atoms with Gasteiger partial charge in [0.05, 0.1) is 19.0 Å². The number of benzene rings is 1. The summed E-state index contributed by atoms with van der Waals surface area (Å²) in [6, 6.07) is 5.84. The number of primary amides is 1. The highest BCUT2D eigenvalue weighted by atomic mass is 35.5. The van der Waals surface area contributed by atoms with Gasteiger partial charge in [-0.25, -0.2) is 4.39 Å². The third kappa shape index (κ3) is 3.77. The highest BCUT2D eigenvalue weighted by Gasteiger charge is 2.32. The summed E-state index contributed by atoms with van der Waals surface area (Å²) in [5.41, 5.74) is 6.05. The molecule has 1 aromatic heterocycles. The second-order valence-corrected chi connectivity index (χ2v) is 7.96. The number of piperidine rings is 1. The molecule has 1 atom stereocenters. The summed E-state index contributed by atoms with van der Waals surface area (Å²) in [7, 11) is 0. The molecule has 10 heteroatoms. The molecule has 30 heavy (non-hydrogen) atoms. The van der Waals surface area contributed by atoms with Crippen LogP contribution in [0.15, 0.2) is 24.3 Å². The van der Waals surface area contributed by atoms with Crippen LogP contribution in [-0.2, 0) is 17.9 Å². The average molecular weight is 434 g/mol. The maximum Gasteiger partial charge on any atom is 0.274 e. The quantitative estimate of drug-likeness (QED) is 0.792. The van der Waals surface area contributed by atoms with Gasteiger partial charge in [-0.1, -0.05) is 17.7 Å². The number of halogens is 2. The molecule has 1 saturated heterocycles. The lowest BCUT2D eigenvalue weighted by Gasteiger charge is -2.30. The molecule has 0 aliphatic carbocycles. The van der Waals surface area contributed by atoms with E-state index in [-0.39, 0.29) is 52.8 Å². The Kier molecular flexibility index (Phi) is 5.46. The summed E-state index contributed by atoms with van der Waals surface area (Å²) < 4.78 is 15.6. The highest BCUT2D eigenvalue weighted by molar-refractivity contribution is 6.31. The van der Waals surface area contributed by atoms with Crippen LogP contribution in [0.1, 0.15) is 39.4 Å². The lowest BCUT2D eigenvalue weighted by Crippen LogP contribution is -2.44. The van der Waals surface area contributed by atoms with Gasteiger partial charge < -0.3 is 15.5 Å². The molecule has 2 aromatic rings. The molecule has 158 valence electrons. The van der Waals surface area contributed by atoms with E-state index in [2.05, 4.69) is 5.10 Å². The average Bonchev–Trinajstić information content (AvgIpc) is 3.17. The van der Waals surface area contributed by atoms with Crippen molar-refractivity contribution in [3.63, 3.8) is 0 Å². The normalized spacial score (nSPS) is 19.0. The van der Waals surface area contributed by atoms with Crippen molar-refractivity contribution in [1.29, 1.82) is 0 Å². The molecule has 3 heterocycles. The molecule has 0 bridgehead atoms. The minimum absolute atomic E-state index is 0.0330. The number of nitrogens with zero attached hydrogens (tertiary/aromatic N) is 4. The fourth-order valence-electron chi connectivity index (χ4n) is 3.92. The molecule has 0 radical (unpaired) electrons. The second-order valence-electron chi connectivity index (χ2n) is 7.56. The number of hydrogen-bond acceptors (Lipinski definition) is 4. The first-order valence-corrected chi connectivity index (χ1v) is 10.1. The van der Waals surface area contributed by atoms with Gasteiger partial charge in [0.25, 0.3) is 11.8 Å². The number of hydrogen-bond donors (Lipinski definition) is 1. The Morgan fingerprint density at radius 3 is 2.80 bits per heavy atom. The van der Waals surface area contributed by atoms with Crippen LogP contribution in [0.2, 0.25) is 5.02 Å². The first-order chi connectivity index (χ1) is 14.3. The minimum Gasteiger partial charge on any atom is -0.369 e. The van der Waals surface area contributed by atoms with Crippen molar-refractivity contribution in [2.45, 2.75) is 25.9 Å². The third-order valence-electron chi connectivity index (χ3n) is 5.61. The molecular formula is C20H21ClFN5O3. The molecule has 3 amide bonds. The molecule has 8 nitrogen and oxygen atoms in total. The summed E-state index contributed by atoms with van der Waals surface area (Å²) in [6.07, 6.45) is 1.34. The van der Waals surface area contributed by atoms with Crippen molar-refractivity contribution in [3.8, 4) is 0 Å². The zero-order valence-electron chi connectivity index (χ0n) is 16.2. The first kappa shape index (κ1) is 20.3. The lowest BCUT2D eigenvalue weighted by molar-refractivity contribution is -0.123. The number of carbonyl (C=O) groups excluding carboxylic acids is 3. The van der Waals surface area contributed by atoms with Crippen LogP contribution in [-0.4, -0.2) is 56.9 Å². The number of aromatic nitrogens is 2. The van der Waals surface area contributed by atoms with Crippen LogP contribution < -0.4 is 5.73 Å². The van der Waals surface area contributed by atoms with Crippen molar-refractivity contribution in [3.05, 3.63) is 52.1 Å². The number of likely N-dealkylation sites (tertiary alicyclic amines) is 1. The number of carbonyl (C=O) groups is 3. The topological polar surface area (TPSA) is 102 Å². The molecule has 0 saturated carbocycles. The maximum atomic E-state index is 14.1. The highest BCUT2D eigenvalue weighted by Crippen LogP contribution is 2.24. The Morgan fingerprint density at radius 2 is 2.07 bits per heavy atom. The van der Waals surface area contributed by atoms with E-state index in [9.17, 15) is 18.8 Å². The Balaban J connectivity index is 1.52. The Labute approximate surface area is 177 Å². The molecule has 2 aliphatic rings. The lowest BCUT2D eigenvalue weighted by atomic mass is 9.97. The minimum atomic E-state index is -0.473. The predicted molar refractivity (Wildman–Crippen MR) is 106 cm³/mol. The van der Waals surface area contributed by atoms with Gasteiger partial charge in [0, 0.05) is 36.3 Å². The molecule has 1 fully saturated rings. The van der Waals surface area contributed by atoms with E-state index < -0.39 is 11.7 Å². The smallest absolute Gasteiger partial charge is 0.274 e. The van der Waals surface area contributed by atoms with Crippen molar-refractivity contribution in [2.75, 3.05) is 19.6 Å². The van der Waals surface area contributed by atoms with E-state index in [0.29, 0.717) is 32.5 Å². The second kappa shape index (κ2) is 8.06. The Hall–Kier alpha value is -2.94. The van der Waals surface area contributed by atoms with E-state index in [1.165, 1.54) is 27.8 Å². The maximum absolute atomic E-state index is 14.1.